The number of thiophene rings is 1. The zero-order valence-corrected chi connectivity index (χ0v) is 22.8. The Morgan fingerprint density at radius 1 is 1.05 bits per heavy atom. The van der Waals surface area contributed by atoms with Gasteiger partial charge in [0.25, 0.3) is 0 Å². The van der Waals surface area contributed by atoms with Crippen molar-refractivity contribution in [3.8, 4) is 10.4 Å². The lowest BCUT2D eigenvalue weighted by Gasteiger charge is -2.37. The van der Waals surface area contributed by atoms with E-state index in [4.69, 9.17) is 18.9 Å². The van der Waals surface area contributed by atoms with Gasteiger partial charge in [-0.05, 0) is 47.9 Å². The fourth-order valence-electron chi connectivity index (χ4n) is 4.29. The molecule has 204 valence electrons. The minimum atomic E-state index is -1.06. The van der Waals surface area contributed by atoms with Crippen molar-refractivity contribution in [3.63, 3.8) is 0 Å². The van der Waals surface area contributed by atoms with Crippen LogP contribution in [0.15, 0.2) is 60.7 Å². The van der Waals surface area contributed by atoms with Crippen LogP contribution in [0.3, 0.4) is 0 Å². The monoisotopic (exact) mass is 553 g/mol. The van der Waals surface area contributed by atoms with Crippen molar-refractivity contribution in [1.82, 2.24) is 4.98 Å². The van der Waals surface area contributed by atoms with Gasteiger partial charge in [-0.1, -0.05) is 18.2 Å². The lowest BCUT2D eigenvalue weighted by atomic mass is 9.93. The number of nitrogens with zero attached hydrogens (tertiary/aromatic N) is 1. The largest absolute Gasteiger partial charge is 0.483 e. The Morgan fingerprint density at radius 2 is 1.82 bits per heavy atom. The maximum Gasteiger partial charge on any atom is 0.307 e. The molecule has 1 aromatic carbocycles. The lowest BCUT2D eigenvalue weighted by molar-refractivity contribution is -0.176. The summed E-state index contributed by atoms with van der Waals surface area (Å²) in [7, 11) is 0. The molecule has 10 heteroatoms. The third-order valence-corrected chi connectivity index (χ3v) is 7.21. The van der Waals surface area contributed by atoms with Gasteiger partial charge < -0.3 is 18.9 Å². The molecule has 0 bridgehead atoms. The highest BCUT2D eigenvalue weighted by molar-refractivity contribution is 7.15. The van der Waals surface area contributed by atoms with E-state index in [1.165, 1.54) is 33.0 Å². The quantitative estimate of drug-likeness (QED) is 0.162. The van der Waals surface area contributed by atoms with Crippen LogP contribution in [0.2, 0.25) is 0 Å². The molecule has 0 spiro atoms. The number of halogens is 1. The zero-order valence-electron chi connectivity index (χ0n) is 21.9. The number of aryl methyl sites for hydroxylation is 1. The third kappa shape index (κ3) is 7.29. The number of ether oxygens (including phenoxy) is 4. The summed E-state index contributed by atoms with van der Waals surface area (Å²) in [6, 6.07) is 13.0. The summed E-state index contributed by atoms with van der Waals surface area (Å²) in [5, 5.41) is 0. The minimum Gasteiger partial charge on any atom is -0.483 e. The molecule has 3 atom stereocenters. The van der Waals surface area contributed by atoms with Crippen molar-refractivity contribution >= 4 is 29.2 Å². The van der Waals surface area contributed by atoms with Crippen molar-refractivity contribution < 1.29 is 37.7 Å². The standard InChI is InChI=1S/C29H28FNO7S/c1-16-5-6-20(11-22(16)12-23-8-9-27(39-23)21-7-10-28(30)31-14-21)24-13-25(36-18(3)33)29(37-19(4)34)26(38-24)15-35-17(2)32/h5-11,14-15,24-25,29H,12-13H2,1-4H3/b26-15-/t24-,25-,29+/m1/s1. The molecule has 3 aromatic rings. The molecular formula is C29H28FNO7S. The van der Waals surface area contributed by atoms with Crippen LogP contribution in [-0.4, -0.2) is 35.1 Å². The van der Waals surface area contributed by atoms with Crippen molar-refractivity contribution in [2.24, 2.45) is 0 Å². The molecule has 0 saturated carbocycles. The van der Waals surface area contributed by atoms with Gasteiger partial charge in [0.2, 0.25) is 5.95 Å². The topological polar surface area (TPSA) is 101 Å². The van der Waals surface area contributed by atoms with Gasteiger partial charge in [-0.15, -0.1) is 11.3 Å². The van der Waals surface area contributed by atoms with E-state index in [0.29, 0.717) is 6.42 Å². The van der Waals surface area contributed by atoms with E-state index in [2.05, 4.69) is 4.98 Å². The van der Waals surface area contributed by atoms with Gasteiger partial charge in [0.05, 0.1) is 0 Å². The van der Waals surface area contributed by atoms with E-state index in [1.54, 1.807) is 17.4 Å². The Bertz CT molecular complexity index is 1400. The molecule has 2 aromatic heterocycles. The number of esters is 3. The van der Waals surface area contributed by atoms with E-state index < -0.39 is 42.2 Å². The van der Waals surface area contributed by atoms with E-state index >= 15 is 0 Å². The normalized spacial score (nSPS) is 19.7. The lowest BCUT2D eigenvalue weighted by Crippen LogP contribution is -2.42. The summed E-state index contributed by atoms with van der Waals surface area (Å²) in [5.41, 5.74) is 3.82. The molecule has 4 rings (SSSR count). The summed E-state index contributed by atoms with van der Waals surface area (Å²) < 4.78 is 35.2. The predicted molar refractivity (Wildman–Crippen MR) is 141 cm³/mol. The van der Waals surface area contributed by atoms with E-state index in [9.17, 15) is 18.8 Å². The Hall–Kier alpha value is -4.05. The Labute approximate surface area is 229 Å². The number of hydrogen-bond acceptors (Lipinski definition) is 9. The maximum atomic E-state index is 13.2. The van der Waals surface area contributed by atoms with Crippen LogP contribution in [0.4, 0.5) is 4.39 Å². The molecule has 3 heterocycles. The van der Waals surface area contributed by atoms with E-state index in [-0.39, 0.29) is 12.2 Å². The van der Waals surface area contributed by atoms with Crippen molar-refractivity contribution in [3.05, 3.63) is 88.2 Å². The number of hydrogen-bond donors (Lipinski definition) is 0. The van der Waals surface area contributed by atoms with Crippen LogP contribution < -0.4 is 0 Å². The second-order valence-corrected chi connectivity index (χ2v) is 10.3. The van der Waals surface area contributed by atoms with Gasteiger partial charge in [0, 0.05) is 55.1 Å². The van der Waals surface area contributed by atoms with E-state index in [1.807, 2.05) is 37.3 Å². The first kappa shape index (κ1) is 28.0. The average Bonchev–Trinajstić information content (AvgIpc) is 3.33. The first-order chi connectivity index (χ1) is 18.6. The van der Waals surface area contributed by atoms with Crippen LogP contribution in [0.5, 0.6) is 0 Å². The molecule has 0 radical (unpaired) electrons. The molecule has 8 nitrogen and oxygen atoms in total. The van der Waals surface area contributed by atoms with Crippen molar-refractivity contribution in [2.45, 2.75) is 58.8 Å². The molecule has 0 aliphatic carbocycles. The SMILES string of the molecule is CC(=O)O/C=C1\O[C@@H](c2ccc(C)c(Cc3ccc(-c4ccc(F)nc4)s3)c2)C[C@@H](OC(C)=O)[C@@H]1OC(C)=O. The maximum absolute atomic E-state index is 13.2. The molecule has 39 heavy (non-hydrogen) atoms. The minimum absolute atomic E-state index is 0.0702. The van der Waals surface area contributed by atoms with Crippen molar-refractivity contribution in [1.29, 1.82) is 0 Å². The predicted octanol–water partition coefficient (Wildman–Crippen LogP) is 5.58. The molecule has 1 saturated heterocycles. The highest BCUT2D eigenvalue weighted by Gasteiger charge is 2.41. The summed E-state index contributed by atoms with van der Waals surface area (Å²) in [5.74, 6) is -2.17. The van der Waals surface area contributed by atoms with Crippen LogP contribution >= 0.6 is 11.3 Å². The number of rotatable bonds is 7. The Morgan fingerprint density at radius 3 is 2.49 bits per heavy atom. The summed E-state index contributed by atoms with van der Waals surface area (Å²) in [4.78, 5) is 40.9. The molecular weight excluding hydrogens is 525 g/mol. The first-order valence-electron chi connectivity index (χ1n) is 12.3. The number of carbonyl (C=O) groups excluding carboxylic acids is 3. The summed E-state index contributed by atoms with van der Waals surface area (Å²) in [6.45, 7) is 5.75. The van der Waals surface area contributed by atoms with Crippen LogP contribution in [0, 0.1) is 12.9 Å². The Balaban J connectivity index is 1.60. The number of pyridine rings is 1. The molecule has 1 aliphatic rings. The van der Waals surface area contributed by atoms with Gasteiger partial charge in [-0.25, -0.2) is 4.98 Å². The summed E-state index contributed by atoms with van der Waals surface area (Å²) >= 11 is 1.60. The fourth-order valence-corrected chi connectivity index (χ4v) is 5.31. The van der Waals surface area contributed by atoms with Crippen molar-refractivity contribution in [2.75, 3.05) is 0 Å². The van der Waals surface area contributed by atoms with Crippen LogP contribution in [0.1, 0.15) is 54.9 Å². The number of benzene rings is 1. The van der Waals surface area contributed by atoms with Gasteiger partial charge in [0.1, 0.15) is 18.5 Å². The second kappa shape index (κ2) is 12.2. The van der Waals surface area contributed by atoms with Crippen LogP contribution in [-0.2, 0) is 39.8 Å². The third-order valence-electron chi connectivity index (χ3n) is 6.08. The molecule has 1 aliphatic heterocycles. The van der Waals surface area contributed by atoms with Gasteiger partial charge in [-0.2, -0.15) is 4.39 Å². The smallest absolute Gasteiger partial charge is 0.307 e. The average molecular weight is 554 g/mol. The van der Waals surface area contributed by atoms with Gasteiger partial charge in [-0.3, -0.25) is 14.4 Å². The zero-order chi connectivity index (χ0) is 28.1. The fraction of sp³-hybridized carbons (Fsp3) is 0.310. The second-order valence-electron chi connectivity index (χ2n) is 9.15. The molecule has 0 amide bonds. The van der Waals surface area contributed by atoms with Gasteiger partial charge >= 0.3 is 17.9 Å². The highest BCUT2D eigenvalue weighted by Crippen LogP contribution is 2.38. The van der Waals surface area contributed by atoms with Gasteiger partial charge in [0.15, 0.2) is 11.9 Å². The summed E-state index contributed by atoms with van der Waals surface area (Å²) in [6.07, 6.45) is 1.01. The first-order valence-corrected chi connectivity index (χ1v) is 13.1. The molecule has 0 N–H and O–H groups in total. The van der Waals surface area contributed by atoms with E-state index in [0.717, 1.165) is 38.3 Å². The highest BCUT2D eigenvalue weighted by atomic mass is 32.1. The Kier molecular flexibility index (Phi) is 8.75. The number of carbonyl (C=O) groups is 3. The molecule has 1 fully saturated rings. The van der Waals surface area contributed by atoms with Crippen LogP contribution in [0.25, 0.3) is 10.4 Å². The molecule has 0 unspecified atom stereocenters. The number of aromatic nitrogens is 1.